The van der Waals surface area contributed by atoms with E-state index < -0.39 is 25.1 Å². The maximum atomic E-state index is 13.4. The molecule has 0 amide bonds. The Morgan fingerprint density at radius 2 is 1.30 bits per heavy atom. The van der Waals surface area contributed by atoms with Crippen molar-refractivity contribution in [1.82, 2.24) is 0 Å². The lowest BCUT2D eigenvalue weighted by Crippen LogP contribution is -2.68. The molecule has 6 heteroatoms. The molecule has 0 aliphatic carbocycles. The van der Waals surface area contributed by atoms with Gasteiger partial charge in [0, 0.05) is 0 Å². The second-order valence-corrected chi connectivity index (χ2v) is 12.4. The zero-order chi connectivity index (χ0) is 22.0. The van der Waals surface area contributed by atoms with Gasteiger partial charge in [-0.15, -0.1) is 0 Å². The van der Waals surface area contributed by atoms with Gasteiger partial charge in [0.25, 0.3) is 0 Å². The summed E-state index contributed by atoms with van der Waals surface area (Å²) in [7, 11) is -3.15. The predicted molar refractivity (Wildman–Crippen MR) is 115 cm³/mol. The smallest absolute Gasteiger partial charge is 0.416 e. The van der Waals surface area contributed by atoms with Crippen molar-refractivity contribution in [2.24, 2.45) is 0 Å². The van der Waals surface area contributed by atoms with E-state index in [9.17, 15) is 18.0 Å². The van der Waals surface area contributed by atoms with Crippen molar-refractivity contribution >= 4 is 25.0 Å². The van der Waals surface area contributed by atoms with Crippen LogP contribution in [0.5, 0.6) is 5.75 Å². The molecule has 3 rings (SSSR count). The third kappa shape index (κ3) is 4.05. The van der Waals surface area contributed by atoms with Gasteiger partial charge in [-0.1, -0.05) is 81.4 Å². The minimum Gasteiger partial charge on any atom is -0.533 e. The van der Waals surface area contributed by atoms with Gasteiger partial charge in [-0.25, -0.2) is 0 Å². The number of rotatable bonds is 5. The lowest BCUT2D eigenvalue weighted by Gasteiger charge is -2.43. The normalized spacial score (nSPS) is 12.5. The molecule has 0 atom stereocenters. The van der Waals surface area contributed by atoms with E-state index in [1.165, 1.54) is 6.07 Å². The first-order valence-electron chi connectivity index (χ1n) is 9.56. The Kier molecular flexibility index (Phi) is 5.90. The van der Waals surface area contributed by atoms with Crippen LogP contribution in [0.1, 0.15) is 36.7 Å². The number of alkyl halides is 3. The second-order valence-electron chi connectivity index (χ2n) is 8.13. The summed E-state index contributed by atoms with van der Waals surface area (Å²) in [5.74, 6) is -0.0471. The minimum atomic E-state index is -4.54. The zero-order valence-corrected chi connectivity index (χ0v) is 18.0. The number of aldehydes is 1. The molecule has 3 aromatic rings. The molecule has 0 aliphatic rings. The molecule has 0 aliphatic heterocycles. The first-order chi connectivity index (χ1) is 14.1. The largest absolute Gasteiger partial charge is 0.533 e. The van der Waals surface area contributed by atoms with Crippen LogP contribution in [0.4, 0.5) is 13.2 Å². The van der Waals surface area contributed by atoms with Crippen LogP contribution in [-0.4, -0.2) is 14.6 Å². The molecule has 0 aromatic heterocycles. The summed E-state index contributed by atoms with van der Waals surface area (Å²) in [6.45, 7) is 6.06. The third-order valence-corrected chi connectivity index (χ3v) is 10.1. The molecule has 0 fully saturated rings. The zero-order valence-electron chi connectivity index (χ0n) is 17.0. The second kappa shape index (κ2) is 8.11. The Balaban J connectivity index is 2.31. The van der Waals surface area contributed by atoms with Crippen molar-refractivity contribution in [3.05, 3.63) is 90.0 Å². The fourth-order valence-corrected chi connectivity index (χ4v) is 8.15. The topological polar surface area (TPSA) is 26.3 Å². The molecule has 0 heterocycles. The lowest BCUT2D eigenvalue weighted by molar-refractivity contribution is -0.137. The summed E-state index contributed by atoms with van der Waals surface area (Å²) in [6.07, 6.45) is -4.00. The molecule has 2 nitrogen and oxygen atoms in total. The number of carbonyl (C=O) groups excluding carboxylic acids is 1. The van der Waals surface area contributed by atoms with Gasteiger partial charge in [0.15, 0.2) is 6.29 Å². The van der Waals surface area contributed by atoms with Gasteiger partial charge in [0.1, 0.15) is 5.75 Å². The first kappa shape index (κ1) is 21.8. The van der Waals surface area contributed by atoms with Gasteiger partial charge in [-0.05, 0) is 33.6 Å². The van der Waals surface area contributed by atoms with Crippen LogP contribution in [0.2, 0.25) is 5.04 Å². The Bertz CT molecular complexity index is 971. The van der Waals surface area contributed by atoms with Gasteiger partial charge in [-0.3, -0.25) is 4.79 Å². The number of hydrogen-bond donors (Lipinski definition) is 0. The average Bonchev–Trinajstić information content (AvgIpc) is 2.71. The molecule has 3 aromatic carbocycles. The lowest BCUT2D eigenvalue weighted by atomic mass is 10.1. The first-order valence-corrected chi connectivity index (χ1v) is 11.5. The van der Waals surface area contributed by atoms with Crippen LogP contribution in [-0.2, 0) is 6.18 Å². The standard InChI is InChI=1S/C24H23F3O2Si/c1-23(2,3)30(20-10-6-4-7-11-20,21-12-8-5-9-13-21)29-22-16-19(24(25,26)27)15-14-18(22)17-28/h4-17H,1-3H3. The number of hydrogen-bond acceptors (Lipinski definition) is 2. The molecule has 0 bridgehead atoms. The molecule has 0 N–H and O–H groups in total. The molecule has 0 spiro atoms. The van der Waals surface area contributed by atoms with Crippen LogP contribution < -0.4 is 14.8 Å². The third-order valence-electron chi connectivity index (χ3n) is 5.15. The summed E-state index contributed by atoms with van der Waals surface area (Å²) >= 11 is 0. The molecule has 0 radical (unpaired) electrons. The number of halogens is 3. The van der Waals surface area contributed by atoms with E-state index in [1.807, 2.05) is 81.4 Å². The van der Waals surface area contributed by atoms with E-state index >= 15 is 0 Å². The summed E-state index contributed by atoms with van der Waals surface area (Å²) in [4.78, 5) is 11.7. The summed E-state index contributed by atoms with van der Waals surface area (Å²) in [5, 5.41) is 1.39. The van der Waals surface area contributed by atoms with E-state index in [-0.39, 0.29) is 11.3 Å². The van der Waals surface area contributed by atoms with Gasteiger partial charge in [0.2, 0.25) is 0 Å². The number of carbonyl (C=O) groups is 1. The highest BCUT2D eigenvalue weighted by Crippen LogP contribution is 2.40. The van der Waals surface area contributed by atoms with Gasteiger partial charge < -0.3 is 4.43 Å². The molecule has 30 heavy (non-hydrogen) atoms. The molecular weight excluding hydrogens is 405 g/mol. The Morgan fingerprint density at radius 1 is 0.800 bits per heavy atom. The quantitative estimate of drug-likeness (QED) is 0.399. The SMILES string of the molecule is CC(C)(C)[Si](Oc1cc(C(F)(F)F)ccc1C=O)(c1ccccc1)c1ccccc1. The summed E-state index contributed by atoms with van der Waals surface area (Å²) in [6, 6.07) is 22.1. The highest BCUT2D eigenvalue weighted by Gasteiger charge is 2.52. The predicted octanol–water partition coefficient (Wildman–Crippen LogP) is 5.46. The minimum absolute atomic E-state index is 0.0471. The van der Waals surface area contributed by atoms with Crippen LogP contribution in [0.3, 0.4) is 0 Å². The van der Waals surface area contributed by atoms with Crippen molar-refractivity contribution in [2.75, 3.05) is 0 Å². The van der Waals surface area contributed by atoms with Crippen molar-refractivity contribution in [2.45, 2.75) is 32.0 Å². The summed E-state index contributed by atoms with van der Waals surface area (Å²) in [5.41, 5.74) is -0.753. The van der Waals surface area contributed by atoms with Crippen LogP contribution >= 0.6 is 0 Å². The molecule has 0 unspecified atom stereocenters. The van der Waals surface area contributed by atoms with E-state index in [0.29, 0.717) is 6.29 Å². The Morgan fingerprint density at radius 3 is 1.70 bits per heavy atom. The van der Waals surface area contributed by atoms with E-state index in [1.54, 1.807) is 0 Å². The van der Waals surface area contributed by atoms with Crippen LogP contribution in [0, 0.1) is 0 Å². The molecule has 0 saturated carbocycles. The maximum absolute atomic E-state index is 13.4. The summed E-state index contributed by atoms with van der Waals surface area (Å²) < 4.78 is 46.8. The van der Waals surface area contributed by atoms with Gasteiger partial charge >= 0.3 is 14.5 Å². The highest BCUT2D eigenvalue weighted by molar-refractivity contribution is 7.00. The van der Waals surface area contributed by atoms with Gasteiger partial charge in [0.05, 0.1) is 11.1 Å². The molecular formula is C24H23F3O2Si. The number of benzene rings is 3. The molecule has 0 saturated heterocycles. The van der Waals surface area contributed by atoms with Gasteiger partial charge in [-0.2, -0.15) is 13.2 Å². The van der Waals surface area contributed by atoms with Crippen molar-refractivity contribution in [1.29, 1.82) is 0 Å². The Hall–Kier alpha value is -2.86. The van der Waals surface area contributed by atoms with Crippen molar-refractivity contribution in [3.8, 4) is 5.75 Å². The fourth-order valence-electron chi connectivity index (χ4n) is 3.71. The highest BCUT2D eigenvalue weighted by atomic mass is 28.4. The van der Waals surface area contributed by atoms with Crippen LogP contribution in [0.25, 0.3) is 0 Å². The van der Waals surface area contributed by atoms with Crippen molar-refractivity contribution < 1.29 is 22.4 Å². The van der Waals surface area contributed by atoms with E-state index in [2.05, 4.69) is 0 Å². The Labute approximate surface area is 175 Å². The van der Waals surface area contributed by atoms with Crippen molar-refractivity contribution in [3.63, 3.8) is 0 Å². The molecule has 156 valence electrons. The monoisotopic (exact) mass is 428 g/mol. The van der Waals surface area contributed by atoms with E-state index in [4.69, 9.17) is 4.43 Å². The van der Waals surface area contributed by atoms with Crippen LogP contribution in [0.15, 0.2) is 78.9 Å². The maximum Gasteiger partial charge on any atom is 0.416 e. The average molecular weight is 429 g/mol. The van der Waals surface area contributed by atoms with E-state index in [0.717, 1.165) is 22.5 Å². The fraction of sp³-hybridized carbons (Fsp3) is 0.208.